The van der Waals surface area contributed by atoms with E-state index in [1.165, 1.54) is 18.4 Å². The van der Waals surface area contributed by atoms with E-state index in [2.05, 4.69) is 26.2 Å². The lowest BCUT2D eigenvalue weighted by Gasteiger charge is -2.27. The molecular formula is C13H13BrN2O2S. The van der Waals surface area contributed by atoms with Crippen molar-refractivity contribution in [3.8, 4) is 0 Å². The molecule has 0 saturated heterocycles. The van der Waals surface area contributed by atoms with Crippen molar-refractivity contribution in [3.63, 3.8) is 0 Å². The normalized spacial score (nSPS) is 13.6. The number of hydrogen-bond acceptors (Lipinski definition) is 5. The van der Waals surface area contributed by atoms with Gasteiger partial charge in [0.05, 0.1) is 7.11 Å². The van der Waals surface area contributed by atoms with Gasteiger partial charge in [-0.3, -0.25) is 0 Å². The second kappa shape index (κ2) is 5.71. The summed E-state index contributed by atoms with van der Waals surface area (Å²) in [7, 11) is 1.37. The maximum atomic E-state index is 12.1. The topological polar surface area (TPSA) is 51.2 Å². The Morgan fingerprint density at radius 1 is 1.53 bits per heavy atom. The van der Waals surface area contributed by atoms with Gasteiger partial charge in [0.25, 0.3) is 0 Å². The quantitative estimate of drug-likeness (QED) is 0.866. The van der Waals surface area contributed by atoms with Crippen LogP contribution in [0.5, 0.6) is 0 Å². The van der Waals surface area contributed by atoms with Gasteiger partial charge in [-0.2, -0.15) is 0 Å². The van der Waals surface area contributed by atoms with E-state index in [9.17, 15) is 4.79 Å². The van der Waals surface area contributed by atoms with E-state index < -0.39 is 5.54 Å². The van der Waals surface area contributed by atoms with E-state index in [1.807, 2.05) is 29.6 Å². The molecule has 0 aliphatic carbocycles. The number of esters is 1. The van der Waals surface area contributed by atoms with Gasteiger partial charge >= 0.3 is 5.97 Å². The summed E-state index contributed by atoms with van der Waals surface area (Å²) in [5, 5.41) is 5.69. The number of carbonyl (C=O) groups excluding carboxylic acids is 1. The second-order valence-corrected chi connectivity index (χ2v) is 5.90. The number of nitrogens with zero attached hydrogens (tertiary/aromatic N) is 1. The third-order valence-electron chi connectivity index (χ3n) is 2.67. The molecule has 100 valence electrons. The van der Waals surface area contributed by atoms with E-state index >= 15 is 0 Å². The fraction of sp³-hybridized carbons (Fsp3) is 0.231. The highest BCUT2D eigenvalue weighted by molar-refractivity contribution is 9.10. The fourth-order valence-corrected chi connectivity index (χ4v) is 2.86. The average molecular weight is 341 g/mol. The molecule has 0 aliphatic rings. The number of ether oxygens (including phenoxy) is 1. The molecule has 0 saturated carbocycles. The lowest BCUT2D eigenvalue weighted by molar-refractivity contribution is -0.145. The van der Waals surface area contributed by atoms with E-state index in [0.29, 0.717) is 5.01 Å². The zero-order chi connectivity index (χ0) is 13.9. The van der Waals surface area contributed by atoms with Crippen LogP contribution in [0.25, 0.3) is 0 Å². The van der Waals surface area contributed by atoms with Gasteiger partial charge in [-0.05, 0) is 25.1 Å². The summed E-state index contributed by atoms with van der Waals surface area (Å²) in [6, 6.07) is 7.60. The first-order chi connectivity index (χ1) is 9.06. The summed E-state index contributed by atoms with van der Waals surface area (Å²) in [5.74, 6) is -0.373. The largest absolute Gasteiger partial charge is 0.467 e. The van der Waals surface area contributed by atoms with Crippen molar-refractivity contribution in [1.82, 2.24) is 4.98 Å². The van der Waals surface area contributed by atoms with Gasteiger partial charge < -0.3 is 10.1 Å². The number of halogens is 1. The second-order valence-electron chi connectivity index (χ2n) is 4.09. The Hall–Kier alpha value is -1.40. The van der Waals surface area contributed by atoms with Crippen LogP contribution in [0.1, 0.15) is 11.9 Å². The highest BCUT2D eigenvalue weighted by atomic mass is 79.9. The minimum Gasteiger partial charge on any atom is -0.467 e. The van der Waals surface area contributed by atoms with Crippen LogP contribution >= 0.6 is 27.3 Å². The van der Waals surface area contributed by atoms with Gasteiger partial charge in [-0.1, -0.05) is 22.0 Å². The fourth-order valence-electron chi connectivity index (χ4n) is 1.72. The third kappa shape index (κ3) is 2.96. The molecule has 4 nitrogen and oxygen atoms in total. The molecule has 0 radical (unpaired) electrons. The summed E-state index contributed by atoms with van der Waals surface area (Å²) in [6.07, 6.45) is 1.67. The lowest BCUT2D eigenvalue weighted by atomic mass is 10.0. The van der Waals surface area contributed by atoms with Crippen molar-refractivity contribution in [2.75, 3.05) is 12.4 Å². The molecular weight excluding hydrogens is 328 g/mol. The number of benzene rings is 1. The van der Waals surface area contributed by atoms with Crippen LogP contribution in [0.4, 0.5) is 5.69 Å². The number of methoxy groups -OCH3 is 1. The Morgan fingerprint density at radius 3 is 2.89 bits per heavy atom. The monoisotopic (exact) mass is 340 g/mol. The van der Waals surface area contributed by atoms with Crippen LogP contribution in [-0.4, -0.2) is 18.1 Å². The molecule has 1 N–H and O–H groups in total. The summed E-state index contributed by atoms with van der Waals surface area (Å²) in [5.41, 5.74) is -0.179. The number of carbonyl (C=O) groups is 1. The van der Waals surface area contributed by atoms with E-state index in [1.54, 1.807) is 13.1 Å². The van der Waals surface area contributed by atoms with Crippen LogP contribution in [0.15, 0.2) is 40.3 Å². The predicted octanol–water partition coefficient (Wildman–Crippen LogP) is 3.41. The van der Waals surface area contributed by atoms with Crippen LogP contribution < -0.4 is 5.32 Å². The van der Waals surface area contributed by atoms with Crippen molar-refractivity contribution in [1.29, 1.82) is 0 Å². The van der Waals surface area contributed by atoms with Gasteiger partial charge in [-0.15, -0.1) is 11.3 Å². The number of nitrogens with one attached hydrogen (secondary N) is 1. The third-order valence-corrected chi connectivity index (χ3v) is 4.16. The standard InChI is InChI=1S/C13H13BrN2O2S/c1-13(12(17)18-2,11-15-6-7-19-11)16-10-5-3-4-9(14)8-10/h3-8,16H,1-2H3. The maximum Gasteiger partial charge on any atom is 0.338 e. The average Bonchev–Trinajstić information content (AvgIpc) is 2.92. The first-order valence-electron chi connectivity index (χ1n) is 5.58. The Bertz CT molecular complexity index is 574. The molecule has 2 aromatic rings. The molecule has 1 atom stereocenters. The minimum absolute atomic E-state index is 0.373. The molecule has 0 spiro atoms. The maximum absolute atomic E-state index is 12.1. The Labute approximate surface area is 124 Å². The molecule has 1 heterocycles. The van der Waals surface area contributed by atoms with Gasteiger partial charge in [-0.25, -0.2) is 9.78 Å². The minimum atomic E-state index is -0.996. The first-order valence-corrected chi connectivity index (χ1v) is 7.25. The Morgan fingerprint density at radius 2 is 2.32 bits per heavy atom. The smallest absolute Gasteiger partial charge is 0.338 e. The highest BCUT2D eigenvalue weighted by Crippen LogP contribution is 2.30. The zero-order valence-corrected chi connectivity index (χ0v) is 12.9. The Kier molecular flexibility index (Phi) is 4.21. The molecule has 1 aromatic heterocycles. The molecule has 0 aliphatic heterocycles. The number of thiazole rings is 1. The van der Waals surface area contributed by atoms with Crippen LogP contribution in [0.3, 0.4) is 0 Å². The molecule has 19 heavy (non-hydrogen) atoms. The lowest BCUT2D eigenvalue weighted by Crippen LogP contribution is -2.41. The van der Waals surface area contributed by atoms with E-state index in [0.717, 1.165) is 10.2 Å². The highest BCUT2D eigenvalue weighted by Gasteiger charge is 2.39. The molecule has 0 fully saturated rings. The molecule has 0 amide bonds. The van der Waals surface area contributed by atoms with Crippen molar-refractivity contribution < 1.29 is 9.53 Å². The van der Waals surface area contributed by atoms with Gasteiger partial charge in [0.1, 0.15) is 5.01 Å². The van der Waals surface area contributed by atoms with E-state index in [4.69, 9.17) is 4.74 Å². The summed E-state index contributed by atoms with van der Waals surface area (Å²) in [6.45, 7) is 1.76. The molecule has 1 aromatic carbocycles. The van der Waals surface area contributed by atoms with Crippen molar-refractivity contribution >= 4 is 38.9 Å². The van der Waals surface area contributed by atoms with Crippen molar-refractivity contribution in [2.24, 2.45) is 0 Å². The number of anilines is 1. The molecule has 2 rings (SSSR count). The SMILES string of the molecule is COC(=O)C(C)(Nc1cccc(Br)c1)c1nccs1. The van der Waals surface area contributed by atoms with Crippen LogP contribution in [0.2, 0.25) is 0 Å². The van der Waals surface area contributed by atoms with Crippen molar-refractivity contribution in [3.05, 3.63) is 45.3 Å². The summed E-state index contributed by atoms with van der Waals surface area (Å²) < 4.78 is 5.83. The predicted molar refractivity (Wildman–Crippen MR) is 79.2 cm³/mol. The summed E-state index contributed by atoms with van der Waals surface area (Å²) in [4.78, 5) is 16.3. The Balaban J connectivity index is 2.37. The zero-order valence-electron chi connectivity index (χ0n) is 10.5. The van der Waals surface area contributed by atoms with Gasteiger partial charge in [0.2, 0.25) is 0 Å². The van der Waals surface area contributed by atoms with Gasteiger partial charge in [0.15, 0.2) is 5.54 Å². The van der Waals surface area contributed by atoms with Gasteiger partial charge in [0, 0.05) is 21.7 Å². The number of aromatic nitrogens is 1. The molecule has 6 heteroatoms. The molecule has 0 bridgehead atoms. The summed E-state index contributed by atoms with van der Waals surface area (Å²) >= 11 is 4.81. The van der Waals surface area contributed by atoms with Crippen molar-refractivity contribution in [2.45, 2.75) is 12.5 Å². The number of hydrogen-bond donors (Lipinski definition) is 1. The molecule has 1 unspecified atom stereocenters. The number of rotatable bonds is 4. The first kappa shape index (κ1) is 14.0. The van der Waals surface area contributed by atoms with E-state index in [-0.39, 0.29) is 5.97 Å². The van der Waals surface area contributed by atoms with Crippen LogP contribution in [0, 0.1) is 0 Å². The van der Waals surface area contributed by atoms with Crippen LogP contribution in [-0.2, 0) is 15.1 Å².